The van der Waals surface area contributed by atoms with Crippen molar-refractivity contribution in [1.82, 2.24) is 0 Å². The van der Waals surface area contributed by atoms with Crippen LogP contribution in [0.25, 0.3) is 0 Å². The number of rotatable bonds is 1. The van der Waals surface area contributed by atoms with Crippen LogP contribution in [-0.4, -0.2) is 19.1 Å². The zero-order valence-corrected chi connectivity index (χ0v) is 8.01. The lowest BCUT2D eigenvalue weighted by Crippen LogP contribution is -2.27. The van der Waals surface area contributed by atoms with Crippen LogP contribution in [0.15, 0.2) is 22.9 Å². The fourth-order valence-electron chi connectivity index (χ4n) is 0.413. The van der Waals surface area contributed by atoms with Crippen molar-refractivity contribution < 1.29 is 9.53 Å². The zero-order chi connectivity index (χ0) is 9.40. The number of methoxy groups -OCH3 is 1. The molecule has 0 spiro atoms. The average Bonchev–Trinajstić information content (AvgIpc) is 2.59. The van der Waals surface area contributed by atoms with Gasteiger partial charge in [0, 0.05) is 0 Å². The van der Waals surface area contributed by atoms with E-state index in [0.29, 0.717) is 0 Å². The summed E-state index contributed by atoms with van der Waals surface area (Å²) in [6.07, 6.45) is 0. The van der Waals surface area contributed by atoms with Gasteiger partial charge in [-0.15, -0.1) is 0 Å². The molecule has 1 aromatic heterocycles. The number of hydrogen-bond acceptors (Lipinski definition) is 4. The summed E-state index contributed by atoms with van der Waals surface area (Å²) < 4.78 is 4.25. The Balaban J connectivity index is 0.000000211. The third-order valence-corrected chi connectivity index (χ3v) is 1.63. The topological polar surface area (TPSA) is 52.3 Å². The lowest BCUT2D eigenvalue weighted by atomic mass is 10.4. The molecule has 0 aliphatic heterocycles. The normalized spacial score (nSPS) is 10.9. The third-order valence-electron chi connectivity index (χ3n) is 0.998. The van der Waals surface area contributed by atoms with E-state index in [1.807, 2.05) is 22.9 Å². The Hall–Kier alpha value is -0.870. The summed E-state index contributed by atoms with van der Waals surface area (Å²) in [5, 5.41) is 4.08. The summed E-state index contributed by atoms with van der Waals surface area (Å²) in [4.78, 5) is 10.2. The van der Waals surface area contributed by atoms with Crippen LogP contribution in [0, 0.1) is 0 Å². The van der Waals surface area contributed by atoms with Crippen LogP contribution in [0.1, 0.15) is 6.92 Å². The van der Waals surface area contributed by atoms with Gasteiger partial charge in [0.25, 0.3) is 0 Å². The van der Waals surface area contributed by atoms with E-state index >= 15 is 0 Å². The van der Waals surface area contributed by atoms with E-state index in [1.165, 1.54) is 7.11 Å². The molecule has 1 heterocycles. The molecule has 1 atom stereocenters. The number of thiophene rings is 1. The lowest BCUT2D eigenvalue weighted by Gasteiger charge is -1.98. The molecule has 3 nitrogen and oxygen atoms in total. The molecular weight excluding hydrogens is 174 g/mol. The van der Waals surface area contributed by atoms with Gasteiger partial charge in [-0.3, -0.25) is 4.79 Å². The summed E-state index contributed by atoms with van der Waals surface area (Å²) in [6, 6.07) is 3.54. The molecule has 0 radical (unpaired) electrons. The number of carbonyl (C=O) groups is 1. The monoisotopic (exact) mass is 187 g/mol. The maximum absolute atomic E-state index is 10.2. The Labute approximate surface area is 76.2 Å². The highest BCUT2D eigenvalue weighted by Crippen LogP contribution is 1.91. The van der Waals surface area contributed by atoms with Gasteiger partial charge in [-0.25, -0.2) is 0 Å². The summed E-state index contributed by atoms with van der Waals surface area (Å²) in [5.41, 5.74) is 5.07. The molecule has 1 rings (SSSR count). The first-order chi connectivity index (χ1) is 5.68. The fourth-order valence-corrected chi connectivity index (χ4v) is 0.866. The molecule has 0 amide bonds. The molecule has 0 fully saturated rings. The molecule has 0 saturated heterocycles. The molecule has 0 aliphatic carbocycles. The van der Waals surface area contributed by atoms with Crippen LogP contribution in [0.5, 0.6) is 0 Å². The summed E-state index contributed by atoms with van der Waals surface area (Å²) in [6.45, 7) is 1.58. The SMILES string of the molecule is COC(=O)C(C)N.c1ccsc1. The van der Waals surface area contributed by atoms with Crippen molar-refractivity contribution >= 4 is 17.3 Å². The van der Waals surface area contributed by atoms with Gasteiger partial charge in [0.2, 0.25) is 0 Å². The van der Waals surface area contributed by atoms with Crippen molar-refractivity contribution in [2.24, 2.45) is 5.73 Å². The van der Waals surface area contributed by atoms with Gasteiger partial charge in [-0.1, -0.05) is 12.1 Å². The minimum atomic E-state index is -0.495. The van der Waals surface area contributed by atoms with E-state index in [4.69, 9.17) is 5.73 Å². The van der Waals surface area contributed by atoms with Crippen LogP contribution in [-0.2, 0) is 9.53 Å². The summed E-state index contributed by atoms with van der Waals surface area (Å²) in [7, 11) is 1.31. The van der Waals surface area contributed by atoms with Crippen LogP contribution in [0.2, 0.25) is 0 Å². The number of nitrogens with two attached hydrogens (primary N) is 1. The van der Waals surface area contributed by atoms with E-state index in [9.17, 15) is 4.79 Å². The molecule has 1 aromatic rings. The van der Waals surface area contributed by atoms with Gasteiger partial charge in [-0.2, -0.15) is 11.3 Å². The predicted molar refractivity (Wildman–Crippen MR) is 50.0 cm³/mol. The Morgan fingerprint density at radius 3 is 2.08 bits per heavy atom. The Morgan fingerprint density at radius 2 is 2.00 bits per heavy atom. The van der Waals surface area contributed by atoms with Crippen LogP contribution in [0.3, 0.4) is 0 Å². The van der Waals surface area contributed by atoms with Gasteiger partial charge >= 0.3 is 5.97 Å². The highest BCUT2D eigenvalue weighted by atomic mass is 32.1. The second kappa shape index (κ2) is 6.82. The summed E-state index contributed by atoms with van der Waals surface area (Å²) in [5.74, 6) is -0.375. The van der Waals surface area contributed by atoms with Crippen molar-refractivity contribution in [1.29, 1.82) is 0 Å². The number of esters is 1. The Morgan fingerprint density at radius 1 is 1.50 bits per heavy atom. The molecule has 68 valence electrons. The van der Waals surface area contributed by atoms with E-state index in [-0.39, 0.29) is 5.97 Å². The number of carbonyl (C=O) groups excluding carboxylic acids is 1. The Bertz CT molecular complexity index is 180. The minimum absolute atomic E-state index is 0.375. The van der Waals surface area contributed by atoms with Gasteiger partial charge < -0.3 is 10.5 Å². The molecular formula is C8H13NO2S. The first kappa shape index (κ1) is 11.1. The Kier molecular flexibility index (Phi) is 6.32. The maximum atomic E-state index is 10.2. The quantitative estimate of drug-likeness (QED) is 0.673. The predicted octanol–water partition coefficient (Wildman–Crippen LogP) is 1.25. The largest absolute Gasteiger partial charge is 0.468 e. The molecule has 0 saturated carbocycles. The first-order valence-corrected chi connectivity index (χ1v) is 4.43. The molecule has 0 aromatic carbocycles. The number of hydrogen-bond donors (Lipinski definition) is 1. The van der Waals surface area contributed by atoms with Gasteiger partial charge in [0.15, 0.2) is 0 Å². The van der Waals surface area contributed by atoms with Gasteiger partial charge in [0.1, 0.15) is 6.04 Å². The smallest absolute Gasteiger partial charge is 0.322 e. The van der Waals surface area contributed by atoms with Crippen molar-refractivity contribution in [3.8, 4) is 0 Å². The van der Waals surface area contributed by atoms with E-state index in [0.717, 1.165) is 0 Å². The molecule has 1 unspecified atom stereocenters. The van der Waals surface area contributed by atoms with Gasteiger partial charge in [-0.05, 0) is 17.7 Å². The second-order valence-electron chi connectivity index (χ2n) is 2.10. The van der Waals surface area contributed by atoms with E-state index in [2.05, 4.69) is 4.74 Å². The molecule has 0 bridgehead atoms. The lowest BCUT2D eigenvalue weighted by molar-refractivity contribution is -0.141. The molecule has 2 N–H and O–H groups in total. The summed E-state index contributed by atoms with van der Waals surface area (Å²) >= 11 is 1.71. The average molecular weight is 187 g/mol. The molecule has 0 aliphatic rings. The third kappa shape index (κ3) is 5.88. The van der Waals surface area contributed by atoms with E-state index < -0.39 is 6.04 Å². The van der Waals surface area contributed by atoms with Crippen LogP contribution >= 0.6 is 11.3 Å². The fraction of sp³-hybridized carbons (Fsp3) is 0.375. The van der Waals surface area contributed by atoms with Crippen LogP contribution < -0.4 is 5.73 Å². The zero-order valence-electron chi connectivity index (χ0n) is 7.19. The van der Waals surface area contributed by atoms with Gasteiger partial charge in [0.05, 0.1) is 7.11 Å². The molecule has 4 heteroatoms. The first-order valence-electron chi connectivity index (χ1n) is 3.49. The highest BCUT2D eigenvalue weighted by Gasteiger charge is 2.03. The minimum Gasteiger partial charge on any atom is -0.468 e. The second-order valence-corrected chi connectivity index (χ2v) is 2.92. The van der Waals surface area contributed by atoms with Crippen molar-refractivity contribution in [2.75, 3.05) is 7.11 Å². The van der Waals surface area contributed by atoms with Crippen molar-refractivity contribution in [3.05, 3.63) is 22.9 Å². The van der Waals surface area contributed by atoms with Crippen LogP contribution in [0.4, 0.5) is 0 Å². The standard InChI is InChI=1S/C4H9NO2.C4H4S/c1-3(5)4(6)7-2;1-2-4-5-3-1/h3H,5H2,1-2H3;1-4H. The van der Waals surface area contributed by atoms with E-state index in [1.54, 1.807) is 18.3 Å². The van der Waals surface area contributed by atoms with Crippen molar-refractivity contribution in [3.63, 3.8) is 0 Å². The number of ether oxygens (including phenoxy) is 1. The highest BCUT2D eigenvalue weighted by molar-refractivity contribution is 7.07. The maximum Gasteiger partial charge on any atom is 0.322 e. The molecule has 12 heavy (non-hydrogen) atoms. The van der Waals surface area contributed by atoms with Crippen molar-refractivity contribution in [2.45, 2.75) is 13.0 Å².